The van der Waals surface area contributed by atoms with Crippen molar-refractivity contribution in [1.29, 1.82) is 0 Å². The molecule has 0 saturated carbocycles. The van der Waals surface area contributed by atoms with Gasteiger partial charge in [0.15, 0.2) is 0 Å². The first-order chi connectivity index (χ1) is 8.93. The Kier molecular flexibility index (Phi) is 3.80. The molecular weight excluding hydrogens is 242 g/mol. The number of carbonyl (C=O) groups is 1. The van der Waals surface area contributed by atoms with Crippen LogP contribution >= 0.6 is 0 Å². The summed E-state index contributed by atoms with van der Waals surface area (Å²) < 4.78 is 5.08. The van der Waals surface area contributed by atoms with Gasteiger partial charge in [-0.15, -0.1) is 0 Å². The molecule has 0 radical (unpaired) electrons. The van der Waals surface area contributed by atoms with Gasteiger partial charge >= 0.3 is 0 Å². The van der Waals surface area contributed by atoms with Crippen LogP contribution < -0.4 is 4.74 Å². The largest absolute Gasteiger partial charge is 0.497 e. The quantitative estimate of drug-likeness (QED) is 0.908. The SMILES string of the molecule is COc1ccc(C(=O)N2CCCC2C(C)(C)O)cc1. The molecule has 1 fully saturated rings. The topological polar surface area (TPSA) is 49.8 Å². The summed E-state index contributed by atoms with van der Waals surface area (Å²) in [4.78, 5) is 14.3. The summed E-state index contributed by atoms with van der Waals surface area (Å²) in [6.45, 7) is 4.23. The normalized spacial score (nSPS) is 19.6. The van der Waals surface area contributed by atoms with Gasteiger partial charge < -0.3 is 14.7 Å². The van der Waals surface area contributed by atoms with Gasteiger partial charge in [-0.25, -0.2) is 0 Å². The Hall–Kier alpha value is -1.55. The van der Waals surface area contributed by atoms with Crippen molar-refractivity contribution in [3.8, 4) is 5.75 Å². The van der Waals surface area contributed by atoms with Gasteiger partial charge in [0.25, 0.3) is 5.91 Å². The van der Waals surface area contributed by atoms with Crippen LogP contribution in [0, 0.1) is 0 Å². The molecule has 19 heavy (non-hydrogen) atoms. The lowest BCUT2D eigenvalue weighted by atomic mass is 9.96. The average Bonchev–Trinajstić information content (AvgIpc) is 2.87. The number of likely N-dealkylation sites (tertiary alicyclic amines) is 1. The fraction of sp³-hybridized carbons (Fsp3) is 0.533. The number of carbonyl (C=O) groups excluding carboxylic acids is 1. The number of rotatable bonds is 3. The highest BCUT2D eigenvalue weighted by Gasteiger charge is 2.38. The van der Waals surface area contributed by atoms with E-state index in [2.05, 4.69) is 0 Å². The van der Waals surface area contributed by atoms with Crippen LogP contribution in [0.4, 0.5) is 0 Å². The van der Waals surface area contributed by atoms with Crippen molar-refractivity contribution >= 4 is 5.91 Å². The summed E-state index contributed by atoms with van der Waals surface area (Å²) >= 11 is 0. The molecule has 4 nitrogen and oxygen atoms in total. The minimum Gasteiger partial charge on any atom is -0.497 e. The lowest BCUT2D eigenvalue weighted by Gasteiger charge is -2.33. The van der Waals surface area contributed by atoms with Crippen LogP contribution in [0.15, 0.2) is 24.3 Å². The molecule has 1 heterocycles. The highest BCUT2D eigenvalue weighted by atomic mass is 16.5. The van der Waals surface area contributed by atoms with E-state index in [4.69, 9.17) is 4.74 Å². The van der Waals surface area contributed by atoms with E-state index in [1.807, 2.05) is 0 Å². The number of aliphatic hydroxyl groups is 1. The maximum atomic E-state index is 12.5. The molecule has 0 aromatic heterocycles. The van der Waals surface area contributed by atoms with E-state index < -0.39 is 5.60 Å². The summed E-state index contributed by atoms with van der Waals surface area (Å²) in [5, 5.41) is 10.2. The van der Waals surface area contributed by atoms with Crippen LogP contribution in [0.1, 0.15) is 37.0 Å². The number of benzene rings is 1. The molecule has 1 aliphatic rings. The number of hydrogen-bond donors (Lipinski definition) is 1. The van der Waals surface area contributed by atoms with Crippen LogP contribution in [-0.2, 0) is 0 Å². The molecule has 2 rings (SSSR count). The maximum Gasteiger partial charge on any atom is 0.254 e. The summed E-state index contributed by atoms with van der Waals surface area (Å²) in [5.74, 6) is 0.712. The predicted octanol–water partition coefficient (Wildman–Crippen LogP) is 2.07. The number of hydrogen-bond acceptors (Lipinski definition) is 3. The van der Waals surface area contributed by atoms with Crippen molar-refractivity contribution < 1.29 is 14.6 Å². The summed E-state index contributed by atoms with van der Waals surface area (Å²) in [6.07, 6.45) is 1.79. The Morgan fingerprint density at radius 1 is 1.37 bits per heavy atom. The van der Waals surface area contributed by atoms with Crippen LogP contribution in [0.25, 0.3) is 0 Å². The molecule has 1 N–H and O–H groups in total. The van der Waals surface area contributed by atoms with Crippen molar-refractivity contribution in [3.05, 3.63) is 29.8 Å². The summed E-state index contributed by atoms with van der Waals surface area (Å²) in [7, 11) is 1.60. The molecule has 104 valence electrons. The second-order valence-corrected chi connectivity index (χ2v) is 5.54. The van der Waals surface area contributed by atoms with Gasteiger partial charge in [0.1, 0.15) is 5.75 Å². The molecule has 0 aliphatic carbocycles. The third kappa shape index (κ3) is 2.89. The van der Waals surface area contributed by atoms with Crippen LogP contribution in [-0.4, -0.2) is 41.2 Å². The Balaban J connectivity index is 2.18. The predicted molar refractivity (Wildman–Crippen MR) is 73.4 cm³/mol. The molecule has 1 aromatic carbocycles. The lowest BCUT2D eigenvalue weighted by molar-refractivity contribution is 0.000334. The monoisotopic (exact) mass is 263 g/mol. The standard InChI is InChI=1S/C15H21NO3/c1-15(2,18)13-5-4-10-16(13)14(17)11-6-8-12(19-3)9-7-11/h6-9,13,18H,4-5,10H2,1-3H3. The van der Waals surface area contributed by atoms with Gasteiger partial charge in [0.2, 0.25) is 0 Å². The minimum absolute atomic E-state index is 0.0210. The molecule has 1 unspecified atom stereocenters. The Bertz CT molecular complexity index is 447. The zero-order valence-electron chi connectivity index (χ0n) is 11.7. The van der Waals surface area contributed by atoms with Gasteiger partial charge in [-0.2, -0.15) is 0 Å². The maximum absolute atomic E-state index is 12.5. The molecule has 4 heteroatoms. The van der Waals surface area contributed by atoms with Crippen molar-refractivity contribution in [2.45, 2.75) is 38.3 Å². The van der Waals surface area contributed by atoms with Gasteiger partial charge in [0, 0.05) is 12.1 Å². The molecule has 1 atom stereocenters. The van der Waals surface area contributed by atoms with E-state index in [0.29, 0.717) is 12.1 Å². The molecule has 1 aromatic rings. The third-order valence-corrected chi connectivity index (χ3v) is 3.67. The smallest absolute Gasteiger partial charge is 0.254 e. The number of ether oxygens (including phenoxy) is 1. The number of nitrogens with zero attached hydrogens (tertiary/aromatic N) is 1. The zero-order chi connectivity index (χ0) is 14.0. The fourth-order valence-corrected chi connectivity index (χ4v) is 2.64. The van der Waals surface area contributed by atoms with E-state index in [9.17, 15) is 9.90 Å². The molecule has 1 amide bonds. The van der Waals surface area contributed by atoms with E-state index in [-0.39, 0.29) is 11.9 Å². The highest BCUT2D eigenvalue weighted by Crippen LogP contribution is 2.28. The molecule has 1 aliphatic heterocycles. The van der Waals surface area contributed by atoms with Gasteiger partial charge in [-0.1, -0.05) is 0 Å². The third-order valence-electron chi connectivity index (χ3n) is 3.67. The second-order valence-electron chi connectivity index (χ2n) is 5.54. The minimum atomic E-state index is -0.862. The molecular formula is C15H21NO3. The van der Waals surface area contributed by atoms with Gasteiger partial charge in [-0.3, -0.25) is 4.79 Å². The number of amides is 1. The molecule has 1 saturated heterocycles. The summed E-state index contributed by atoms with van der Waals surface area (Å²) in [5.41, 5.74) is -0.226. The van der Waals surface area contributed by atoms with Crippen molar-refractivity contribution in [2.75, 3.05) is 13.7 Å². The molecule has 0 bridgehead atoms. The second kappa shape index (κ2) is 5.21. The van der Waals surface area contributed by atoms with E-state index >= 15 is 0 Å². The van der Waals surface area contributed by atoms with Crippen molar-refractivity contribution in [3.63, 3.8) is 0 Å². The van der Waals surface area contributed by atoms with E-state index in [0.717, 1.165) is 18.6 Å². The molecule has 0 spiro atoms. The van der Waals surface area contributed by atoms with Crippen LogP contribution in [0.3, 0.4) is 0 Å². The fourth-order valence-electron chi connectivity index (χ4n) is 2.64. The van der Waals surface area contributed by atoms with Crippen molar-refractivity contribution in [1.82, 2.24) is 4.90 Å². The van der Waals surface area contributed by atoms with Crippen LogP contribution in [0.5, 0.6) is 5.75 Å². The summed E-state index contributed by atoms with van der Waals surface area (Å²) in [6, 6.07) is 6.98. The van der Waals surface area contributed by atoms with Crippen LogP contribution in [0.2, 0.25) is 0 Å². The first kappa shape index (κ1) is 13.9. The Labute approximate surface area is 114 Å². The number of methoxy groups -OCH3 is 1. The van der Waals surface area contributed by atoms with E-state index in [1.165, 1.54) is 0 Å². The first-order valence-corrected chi connectivity index (χ1v) is 6.61. The Morgan fingerprint density at radius 2 is 2.00 bits per heavy atom. The van der Waals surface area contributed by atoms with Crippen molar-refractivity contribution in [2.24, 2.45) is 0 Å². The lowest BCUT2D eigenvalue weighted by Crippen LogP contribution is -2.48. The average molecular weight is 263 g/mol. The zero-order valence-corrected chi connectivity index (χ0v) is 11.7. The Morgan fingerprint density at radius 3 is 2.53 bits per heavy atom. The van der Waals surface area contributed by atoms with Gasteiger partial charge in [0.05, 0.1) is 18.8 Å². The van der Waals surface area contributed by atoms with E-state index in [1.54, 1.807) is 50.1 Å². The first-order valence-electron chi connectivity index (χ1n) is 6.61. The highest BCUT2D eigenvalue weighted by molar-refractivity contribution is 5.94. The van der Waals surface area contributed by atoms with Gasteiger partial charge in [-0.05, 0) is 51.0 Å².